The van der Waals surface area contributed by atoms with Crippen LogP contribution in [0.2, 0.25) is 0 Å². The Bertz CT molecular complexity index is 1330. The number of ether oxygens (including phenoxy) is 3. The molecule has 0 saturated carbocycles. The van der Waals surface area contributed by atoms with Gasteiger partial charge < -0.3 is 24.6 Å². The van der Waals surface area contributed by atoms with Crippen molar-refractivity contribution in [3.63, 3.8) is 0 Å². The highest BCUT2D eigenvalue weighted by molar-refractivity contribution is 5.94. The fourth-order valence-corrected chi connectivity index (χ4v) is 4.45. The van der Waals surface area contributed by atoms with Gasteiger partial charge >= 0.3 is 12.1 Å². The van der Waals surface area contributed by atoms with Gasteiger partial charge in [-0.05, 0) is 37.1 Å². The Balaban J connectivity index is 1.67. The minimum atomic E-state index is -4.71. The van der Waals surface area contributed by atoms with Crippen LogP contribution in [0.1, 0.15) is 42.0 Å². The maximum atomic E-state index is 14.1. The van der Waals surface area contributed by atoms with Crippen LogP contribution >= 0.6 is 0 Å². The van der Waals surface area contributed by atoms with Crippen molar-refractivity contribution < 1.29 is 37.3 Å². The number of nitrogens with zero attached hydrogens (tertiary/aromatic N) is 1. The van der Waals surface area contributed by atoms with E-state index in [1.807, 2.05) is 30.3 Å². The monoisotopic (exact) mass is 542 g/mol. The first-order valence-electron chi connectivity index (χ1n) is 12.4. The van der Waals surface area contributed by atoms with Gasteiger partial charge in [-0.15, -0.1) is 0 Å². The lowest BCUT2D eigenvalue weighted by Crippen LogP contribution is -2.29. The zero-order valence-electron chi connectivity index (χ0n) is 21.5. The first-order valence-corrected chi connectivity index (χ1v) is 12.4. The molecular weight excluding hydrogens is 513 g/mol. The lowest BCUT2D eigenvalue weighted by Gasteiger charge is -2.32. The molecule has 0 fully saturated rings. The lowest BCUT2D eigenvalue weighted by molar-refractivity contribution is -0.139. The van der Waals surface area contributed by atoms with Gasteiger partial charge in [-0.1, -0.05) is 48.5 Å². The molecule has 0 aliphatic carbocycles. The average molecular weight is 543 g/mol. The molecule has 3 aromatic rings. The first kappa shape index (κ1) is 28.1. The van der Waals surface area contributed by atoms with Crippen molar-refractivity contribution in [2.45, 2.75) is 38.7 Å². The lowest BCUT2D eigenvalue weighted by atomic mass is 9.79. The topological polar surface area (TPSA) is 89.9 Å². The molecule has 10 heteroatoms. The van der Waals surface area contributed by atoms with E-state index >= 15 is 0 Å². The maximum Gasteiger partial charge on any atom is 0.416 e. The molecule has 0 saturated heterocycles. The normalized spacial score (nSPS) is 15.2. The van der Waals surface area contributed by atoms with Crippen molar-refractivity contribution in [3.05, 3.63) is 100 Å². The molecule has 0 spiro atoms. The van der Waals surface area contributed by atoms with Gasteiger partial charge in [-0.25, -0.2) is 9.78 Å². The Labute approximate surface area is 224 Å². The molecule has 1 aliphatic rings. The van der Waals surface area contributed by atoms with Gasteiger partial charge in [-0.3, -0.25) is 0 Å². The number of hydrogen-bond donors (Lipinski definition) is 2. The molecule has 0 radical (unpaired) electrons. The Morgan fingerprint density at radius 3 is 2.33 bits per heavy atom. The van der Waals surface area contributed by atoms with Crippen LogP contribution in [0, 0.1) is 0 Å². The second kappa shape index (κ2) is 12.3. The molecule has 4 rings (SSSR count). The standard InChI is InChI=1S/C29H29F3N2O5/c1-18(2)39-27-25-22(12-13-33-27)34-23(17-38-15-14-37-16-19-8-4-3-5-9-19)26(28(35)36)24(25)20-10-6-7-11-21(20)29(30,31)32/h3-13,18,24,34H,14-17H2,1-2H3,(H,35,36). The second-order valence-corrected chi connectivity index (χ2v) is 9.18. The summed E-state index contributed by atoms with van der Waals surface area (Å²) in [6, 6.07) is 16.1. The van der Waals surface area contributed by atoms with Gasteiger partial charge in [0.15, 0.2) is 0 Å². The highest BCUT2D eigenvalue weighted by Crippen LogP contribution is 2.48. The molecule has 7 nitrogen and oxygen atoms in total. The quantitative estimate of drug-likeness (QED) is 0.287. The van der Waals surface area contributed by atoms with Gasteiger partial charge in [-0.2, -0.15) is 13.2 Å². The highest BCUT2D eigenvalue weighted by Gasteiger charge is 2.42. The van der Waals surface area contributed by atoms with Crippen molar-refractivity contribution >= 4 is 11.7 Å². The van der Waals surface area contributed by atoms with Crippen LogP contribution in [-0.4, -0.2) is 42.0 Å². The smallest absolute Gasteiger partial charge is 0.416 e. The van der Waals surface area contributed by atoms with Crippen molar-refractivity contribution in [2.75, 3.05) is 25.1 Å². The van der Waals surface area contributed by atoms with E-state index in [2.05, 4.69) is 10.3 Å². The van der Waals surface area contributed by atoms with E-state index < -0.39 is 23.6 Å². The maximum absolute atomic E-state index is 14.1. The number of anilines is 1. The summed E-state index contributed by atoms with van der Waals surface area (Å²) in [5.41, 5.74) is 0.332. The molecule has 2 aromatic carbocycles. The van der Waals surface area contributed by atoms with E-state index in [1.165, 1.54) is 24.4 Å². The number of carbonyl (C=O) groups is 1. The summed E-state index contributed by atoms with van der Waals surface area (Å²) in [5, 5.41) is 13.3. The fraction of sp³-hybridized carbons (Fsp3) is 0.310. The summed E-state index contributed by atoms with van der Waals surface area (Å²) in [6.07, 6.45) is -3.60. The third-order valence-corrected chi connectivity index (χ3v) is 6.03. The molecular formula is C29H29F3N2O5. The summed E-state index contributed by atoms with van der Waals surface area (Å²) in [7, 11) is 0. The zero-order chi connectivity index (χ0) is 28.0. The van der Waals surface area contributed by atoms with Crippen molar-refractivity contribution in [1.29, 1.82) is 0 Å². The summed E-state index contributed by atoms with van der Waals surface area (Å²) >= 11 is 0. The minimum Gasteiger partial charge on any atom is -0.478 e. The third-order valence-electron chi connectivity index (χ3n) is 6.03. The van der Waals surface area contributed by atoms with E-state index in [1.54, 1.807) is 19.9 Å². The van der Waals surface area contributed by atoms with Crippen LogP contribution in [0.3, 0.4) is 0 Å². The molecule has 2 N–H and O–H groups in total. The molecule has 1 aromatic heterocycles. The number of benzene rings is 2. The third kappa shape index (κ3) is 6.76. The predicted octanol–water partition coefficient (Wildman–Crippen LogP) is 6.02. The van der Waals surface area contributed by atoms with E-state index in [-0.39, 0.29) is 54.2 Å². The first-order chi connectivity index (χ1) is 18.7. The molecule has 2 heterocycles. The van der Waals surface area contributed by atoms with Gasteiger partial charge in [0, 0.05) is 17.4 Å². The summed E-state index contributed by atoms with van der Waals surface area (Å²) in [6.45, 7) is 4.12. The van der Waals surface area contributed by atoms with Crippen LogP contribution in [0.5, 0.6) is 5.88 Å². The number of hydrogen-bond acceptors (Lipinski definition) is 6. The number of fused-ring (bicyclic) bond motifs is 1. The van der Waals surface area contributed by atoms with Gasteiger partial charge in [0.1, 0.15) is 0 Å². The van der Waals surface area contributed by atoms with Crippen LogP contribution in [-0.2, 0) is 27.1 Å². The SMILES string of the molecule is CC(C)Oc1nccc2c1C(c1ccccc1C(F)(F)F)C(C(=O)O)=C(COCCOCc1ccccc1)N2. The summed E-state index contributed by atoms with van der Waals surface area (Å²) < 4.78 is 59.4. The van der Waals surface area contributed by atoms with Gasteiger partial charge in [0.05, 0.1) is 55.3 Å². The minimum absolute atomic E-state index is 0.0602. The fourth-order valence-electron chi connectivity index (χ4n) is 4.45. The van der Waals surface area contributed by atoms with Crippen molar-refractivity contribution in [2.24, 2.45) is 0 Å². The van der Waals surface area contributed by atoms with Crippen LogP contribution in [0.15, 0.2) is 78.1 Å². The Morgan fingerprint density at radius 2 is 1.67 bits per heavy atom. The number of alkyl halides is 3. The molecule has 0 amide bonds. The summed E-state index contributed by atoms with van der Waals surface area (Å²) in [5.74, 6) is -2.63. The van der Waals surface area contributed by atoms with Crippen molar-refractivity contribution in [1.82, 2.24) is 4.98 Å². The molecule has 39 heavy (non-hydrogen) atoms. The molecule has 1 aliphatic heterocycles. The number of rotatable bonds is 11. The van der Waals surface area contributed by atoms with Crippen LogP contribution in [0.4, 0.5) is 18.9 Å². The average Bonchev–Trinajstić information content (AvgIpc) is 2.89. The van der Waals surface area contributed by atoms with E-state index in [0.717, 1.165) is 11.6 Å². The number of aliphatic carboxylic acids is 1. The van der Waals surface area contributed by atoms with E-state index in [4.69, 9.17) is 14.2 Å². The van der Waals surface area contributed by atoms with Crippen LogP contribution in [0.25, 0.3) is 0 Å². The Kier molecular flexibility index (Phi) is 8.88. The Hall–Kier alpha value is -3.89. The predicted molar refractivity (Wildman–Crippen MR) is 138 cm³/mol. The largest absolute Gasteiger partial charge is 0.478 e. The second-order valence-electron chi connectivity index (χ2n) is 9.18. The van der Waals surface area contributed by atoms with Crippen LogP contribution < -0.4 is 10.1 Å². The van der Waals surface area contributed by atoms with Crippen molar-refractivity contribution in [3.8, 4) is 5.88 Å². The number of aromatic nitrogens is 1. The zero-order valence-corrected chi connectivity index (χ0v) is 21.5. The van der Waals surface area contributed by atoms with Gasteiger partial charge in [0.25, 0.3) is 0 Å². The molecule has 1 unspecified atom stereocenters. The van der Waals surface area contributed by atoms with Gasteiger partial charge in [0.2, 0.25) is 5.88 Å². The summed E-state index contributed by atoms with van der Waals surface area (Å²) in [4.78, 5) is 16.9. The number of halogens is 3. The highest BCUT2D eigenvalue weighted by atomic mass is 19.4. The number of carboxylic acids is 1. The van der Waals surface area contributed by atoms with E-state index in [0.29, 0.717) is 12.3 Å². The number of pyridine rings is 1. The molecule has 1 atom stereocenters. The molecule has 206 valence electrons. The Morgan fingerprint density at radius 1 is 1.00 bits per heavy atom. The van der Waals surface area contributed by atoms with E-state index in [9.17, 15) is 23.1 Å². The number of carboxylic acid groups (broad SMARTS) is 1. The number of nitrogens with one attached hydrogen (secondary N) is 1. The molecule has 0 bridgehead atoms.